The van der Waals surface area contributed by atoms with Crippen LogP contribution in [-0.2, 0) is 5.54 Å². The molecule has 1 unspecified atom stereocenters. The summed E-state index contributed by atoms with van der Waals surface area (Å²) in [6, 6.07) is 9.32. The minimum Gasteiger partial charge on any atom is -0.318 e. The van der Waals surface area contributed by atoms with Crippen LogP contribution in [0, 0.1) is 25.5 Å². The first-order valence-electron chi connectivity index (χ1n) is 6.14. The number of hydrogen-bond acceptors (Lipinski definition) is 1. The van der Waals surface area contributed by atoms with E-state index in [0.29, 0.717) is 5.56 Å². The molecule has 0 aliphatic heterocycles. The minimum absolute atomic E-state index is 0.429. The Kier molecular flexibility index (Phi) is 3.42. The van der Waals surface area contributed by atoms with E-state index in [2.05, 4.69) is 0 Å². The molecule has 0 radical (unpaired) electrons. The van der Waals surface area contributed by atoms with Crippen LogP contribution in [0.25, 0.3) is 0 Å². The molecule has 0 aliphatic carbocycles. The summed E-state index contributed by atoms with van der Waals surface area (Å²) < 4.78 is 26.7. The molecule has 0 fully saturated rings. The Hall–Kier alpha value is -1.74. The van der Waals surface area contributed by atoms with Gasteiger partial charge < -0.3 is 5.73 Å². The summed E-state index contributed by atoms with van der Waals surface area (Å²) in [5, 5.41) is 0. The van der Waals surface area contributed by atoms with Crippen LogP contribution in [0.2, 0.25) is 0 Å². The molecule has 0 saturated carbocycles. The highest BCUT2D eigenvalue weighted by Crippen LogP contribution is 2.30. The van der Waals surface area contributed by atoms with Gasteiger partial charge in [-0.05, 0) is 49.6 Å². The lowest BCUT2D eigenvalue weighted by molar-refractivity contribution is 0.549. The van der Waals surface area contributed by atoms with Gasteiger partial charge in [0.15, 0.2) is 0 Å². The summed E-state index contributed by atoms with van der Waals surface area (Å²) in [6.45, 7) is 5.67. The molecular formula is C16H17F2N. The maximum absolute atomic E-state index is 13.4. The summed E-state index contributed by atoms with van der Waals surface area (Å²) in [4.78, 5) is 0. The largest absolute Gasteiger partial charge is 0.318 e. The Morgan fingerprint density at radius 1 is 0.947 bits per heavy atom. The molecule has 0 bridgehead atoms. The number of aryl methyl sites for hydroxylation is 2. The zero-order chi connectivity index (χ0) is 14.2. The van der Waals surface area contributed by atoms with Crippen molar-refractivity contribution in [1.82, 2.24) is 0 Å². The van der Waals surface area contributed by atoms with Crippen molar-refractivity contribution >= 4 is 0 Å². The maximum Gasteiger partial charge on any atom is 0.126 e. The first kappa shape index (κ1) is 13.7. The number of rotatable bonds is 2. The zero-order valence-electron chi connectivity index (χ0n) is 11.3. The number of benzene rings is 2. The summed E-state index contributed by atoms with van der Waals surface area (Å²) in [5.41, 5.74) is 8.77. The van der Waals surface area contributed by atoms with Crippen molar-refractivity contribution in [3.05, 3.63) is 70.3 Å². The molecule has 3 heteroatoms. The minimum atomic E-state index is -0.932. The van der Waals surface area contributed by atoms with Gasteiger partial charge in [-0.3, -0.25) is 0 Å². The van der Waals surface area contributed by atoms with E-state index in [0.717, 1.165) is 22.8 Å². The fraction of sp³-hybridized carbons (Fsp3) is 0.250. The van der Waals surface area contributed by atoms with Crippen molar-refractivity contribution in [1.29, 1.82) is 0 Å². The second kappa shape index (κ2) is 4.74. The third kappa shape index (κ3) is 2.66. The molecule has 1 atom stereocenters. The van der Waals surface area contributed by atoms with Crippen LogP contribution in [0.4, 0.5) is 8.78 Å². The molecule has 0 heterocycles. The third-order valence-electron chi connectivity index (χ3n) is 3.41. The van der Waals surface area contributed by atoms with Crippen molar-refractivity contribution in [2.24, 2.45) is 5.73 Å². The van der Waals surface area contributed by atoms with Gasteiger partial charge in [0.1, 0.15) is 11.6 Å². The van der Waals surface area contributed by atoms with Gasteiger partial charge in [0, 0.05) is 6.07 Å². The Morgan fingerprint density at radius 3 is 2.11 bits per heavy atom. The molecule has 0 aromatic heterocycles. The van der Waals surface area contributed by atoms with Crippen molar-refractivity contribution in [2.75, 3.05) is 0 Å². The summed E-state index contributed by atoms with van der Waals surface area (Å²) in [6.07, 6.45) is 0. The fourth-order valence-corrected chi connectivity index (χ4v) is 2.30. The molecule has 2 aromatic rings. The smallest absolute Gasteiger partial charge is 0.126 e. The van der Waals surface area contributed by atoms with Crippen LogP contribution in [-0.4, -0.2) is 0 Å². The SMILES string of the molecule is Cc1ccc(C)c(C(C)(N)c2cc(F)cc(F)c2)c1. The van der Waals surface area contributed by atoms with Gasteiger partial charge in [0.05, 0.1) is 5.54 Å². The zero-order valence-corrected chi connectivity index (χ0v) is 11.3. The Labute approximate surface area is 112 Å². The number of halogens is 2. The second-order valence-corrected chi connectivity index (χ2v) is 5.18. The molecule has 2 aromatic carbocycles. The lowest BCUT2D eigenvalue weighted by Crippen LogP contribution is -2.35. The number of hydrogen-bond donors (Lipinski definition) is 1. The highest BCUT2D eigenvalue weighted by atomic mass is 19.1. The van der Waals surface area contributed by atoms with Crippen molar-refractivity contribution in [3.63, 3.8) is 0 Å². The fourth-order valence-electron chi connectivity index (χ4n) is 2.30. The summed E-state index contributed by atoms with van der Waals surface area (Å²) in [7, 11) is 0. The van der Waals surface area contributed by atoms with Crippen LogP contribution in [0.1, 0.15) is 29.2 Å². The van der Waals surface area contributed by atoms with Gasteiger partial charge >= 0.3 is 0 Å². The molecule has 0 saturated heterocycles. The summed E-state index contributed by atoms with van der Waals surface area (Å²) in [5.74, 6) is -1.23. The molecular weight excluding hydrogens is 244 g/mol. The lowest BCUT2D eigenvalue weighted by Gasteiger charge is -2.28. The van der Waals surface area contributed by atoms with Crippen molar-refractivity contribution < 1.29 is 8.78 Å². The third-order valence-corrected chi connectivity index (χ3v) is 3.41. The van der Waals surface area contributed by atoms with E-state index in [1.165, 1.54) is 12.1 Å². The van der Waals surface area contributed by atoms with Gasteiger partial charge in [0.25, 0.3) is 0 Å². The van der Waals surface area contributed by atoms with E-state index in [4.69, 9.17) is 5.73 Å². The highest BCUT2D eigenvalue weighted by molar-refractivity contribution is 5.43. The molecule has 100 valence electrons. The topological polar surface area (TPSA) is 26.0 Å². The van der Waals surface area contributed by atoms with Gasteiger partial charge in [-0.2, -0.15) is 0 Å². The first-order chi connectivity index (χ1) is 8.80. The second-order valence-electron chi connectivity index (χ2n) is 5.18. The van der Waals surface area contributed by atoms with Crippen LogP contribution in [0.3, 0.4) is 0 Å². The van der Waals surface area contributed by atoms with Gasteiger partial charge in [-0.15, -0.1) is 0 Å². The molecule has 1 nitrogen and oxygen atoms in total. The first-order valence-corrected chi connectivity index (χ1v) is 6.14. The van der Waals surface area contributed by atoms with E-state index in [-0.39, 0.29) is 0 Å². The molecule has 2 rings (SSSR count). The van der Waals surface area contributed by atoms with Gasteiger partial charge in [0.2, 0.25) is 0 Å². The van der Waals surface area contributed by atoms with Crippen LogP contribution < -0.4 is 5.73 Å². The van der Waals surface area contributed by atoms with E-state index in [1.54, 1.807) is 6.92 Å². The highest BCUT2D eigenvalue weighted by Gasteiger charge is 2.26. The predicted molar refractivity (Wildman–Crippen MR) is 72.9 cm³/mol. The Morgan fingerprint density at radius 2 is 1.53 bits per heavy atom. The standard InChI is InChI=1S/C16H17F2N/c1-10-4-5-11(2)15(6-10)16(3,19)12-7-13(17)9-14(18)8-12/h4-9H,19H2,1-3H3. The summed E-state index contributed by atoms with van der Waals surface area (Å²) >= 11 is 0. The Bertz CT molecular complexity index is 598. The van der Waals surface area contributed by atoms with E-state index >= 15 is 0 Å². The average Bonchev–Trinajstić information content (AvgIpc) is 2.31. The monoisotopic (exact) mass is 261 g/mol. The van der Waals surface area contributed by atoms with Gasteiger partial charge in [-0.1, -0.05) is 23.8 Å². The molecule has 0 spiro atoms. The molecule has 19 heavy (non-hydrogen) atoms. The molecule has 2 N–H and O–H groups in total. The van der Waals surface area contributed by atoms with Gasteiger partial charge in [-0.25, -0.2) is 8.78 Å². The van der Waals surface area contributed by atoms with Crippen molar-refractivity contribution in [3.8, 4) is 0 Å². The van der Waals surface area contributed by atoms with E-state index in [9.17, 15) is 8.78 Å². The van der Waals surface area contributed by atoms with Crippen molar-refractivity contribution in [2.45, 2.75) is 26.3 Å². The molecule has 0 amide bonds. The Balaban J connectivity index is 2.60. The quantitative estimate of drug-likeness (QED) is 0.874. The lowest BCUT2D eigenvalue weighted by atomic mass is 9.82. The van der Waals surface area contributed by atoms with Crippen LogP contribution in [0.15, 0.2) is 36.4 Å². The van der Waals surface area contributed by atoms with E-state index in [1.807, 2.05) is 32.0 Å². The maximum atomic E-state index is 13.4. The van der Waals surface area contributed by atoms with E-state index < -0.39 is 17.2 Å². The predicted octanol–water partition coefficient (Wildman–Crippen LogP) is 3.80. The normalized spacial score (nSPS) is 14.2. The molecule has 0 aliphatic rings. The van der Waals surface area contributed by atoms with Crippen LogP contribution >= 0.6 is 0 Å². The average molecular weight is 261 g/mol. The number of nitrogens with two attached hydrogens (primary N) is 1. The van der Waals surface area contributed by atoms with Crippen LogP contribution in [0.5, 0.6) is 0 Å².